The van der Waals surface area contributed by atoms with Crippen molar-refractivity contribution in [2.75, 3.05) is 23.8 Å². The number of fused-ring (bicyclic) bond motifs is 1. The zero-order chi connectivity index (χ0) is 25.4. The molecule has 1 aliphatic heterocycles. The minimum atomic E-state index is -1.20. The molecule has 5 rings (SSSR count). The summed E-state index contributed by atoms with van der Waals surface area (Å²) in [4.78, 5) is 25.1. The Morgan fingerprint density at radius 2 is 1.94 bits per heavy atom. The van der Waals surface area contributed by atoms with Gasteiger partial charge in [0.2, 0.25) is 17.8 Å². The van der Waals surface area contributed by atoms with Crippen LogP contribution in [0.5, 0.6) is 0 Å². The largest absolute Gasteiger partial charge is 0.378 e. The van der Waals surface area contributed by atoms with Crippen molar-refractivity contribution < 1.29 is 22.7 Å². The second kappa shape index (κ2) is 10.1. The van der Waals surface area contributed by atoms with Crippen LogP contribution >= 0.6 is 11.6 Å². The molecule has 4 N–H and O–H groups in total. The van der Waals surface area contributed by atoms with Crippen LogP contribution in [0.15, 0.2) is 18.3 Å². The number of imidazole rings is 1. The van der Waals surface area contributed by atoms with E-state index in [4.69, 9.17) is 22.1 Å². The first-order valence-electron chi connectivity index (χ1n) is 11.7. The Morgan fingerprint density at radius 3 is 2.64 bits per heavy atom. The molecule has 0 unspecified atom stereocenters. The third kappa shape index (κ3) is 4.92. The van der Waals surface area contributed by atoms with Gasteiger partial charge in [-0.3, -0.25) is 9.36 Å². The molecule has 0 radical (unpaired) electrons. The quantitative estimate of drug-likeness (QED) is 0.441. The normalized spacial score (nSPS) is 24.6. The Morgan fingerprint density at radius 1 is 1.17 bits per heavy atom. The highest BCUT2D eigenvalue weighted by atomic mass is 35.5. The Balaban J connectivity index is 1.53. The average Bonchev–Trinajstić information content (AvgIpc) is 3.20. The number of amides is 1. The van der Waals surface area contributed by atoms with E-state index in [0.717, 1.165) is 12.1 Å². The number of primary amides is 1. The molecule has 1 aliphatic carbocycles. The molecule has 1 saturated carbocycles. The zero-order valence-electron chi connectivity index (χ0n) is 19.2. The highest BCUT2D eigenvalue weighted by molar-refractivity contribution is 6.33. The third-order valence-corrected chi connectivity index (χ3v) is 7.04. The van der Waals surface area contributed by atoms with Crippen LogP contribution in [-0.4, -0.2) is 50.9 Å². The van der Waals surface area contributed by atoms with Gasteiger partial charge in [-0.2, -0.15) is 4.98 Å². The van der Waals surface area contributed by atoms with Crippen molar-refractivity contribution >= 4 is 46.3 Å². The summed E-state index contributed by atoms with van der Waals surface area (Å²) >= 11 is 6.11. The predicted molar refractivity (Wildman–Crippen MR) is 128 cm³/mol. The van der Waals surface area contributed by atoms with E-state index in [0.29, 0.717) is 49.9 Å². The molecule has 13 heteroatoms. The number of hydrogen-bond donors (Lipinski definition) is 3. The number of carbonyl (C=O) groups is 1. The Kier molecular flexibility index (Phi) is 6.89. The summed E-state index contributed by atoms with van der Waals surface area (Å²) in [5, 5.41) is 5.77. The van der Waals surface area contributed by atoms with Crippen molar-refractivity contribution in [3.63, 3.8) is 0 Å². The number of hydrogen-bond acceptors (Lipinski definition) is 7. The molecule has 1 amide bonds. The topological polar surface area (TPSA) is 120 Å². The van der Waals surface area contributed by atoms with Gasteiger partial charge < -0.3 is 21.1 Å². The van der Waals surface area contributed by atoms with Crippen LogP contribution in [-0.2, 0) is 9.53 Å². The predicted octanol–water partition coefficient (Wildman–Crippen LogP) is 4.26. The van der Waals surface area contributed by atoms with Gasteiger partial charge in [0, 0.05) is 24.6 Å². The third-order valence-electron chi connectivity index (χ3n) is 6.74. The number of ether oxygens (including phenoxy) is 1. The number of carbonyl (C=O) groups excluding carboxylic acids is 1. The van der Waals surface area contributed by atoms with Crippen LogP contribution in [0, 0.1) is 17.6 Å². The van der Waals surface area contributed by atoms with Crippen LogP contribution < -0.4 is 16.4 Å². The Hall–Kier alpha value is -3.12. The van der Waals surface area contributed by atoms with Crippen LogP contribution in [0.3, 0.4) is 0 Å². The van der Waals surface area contributed by atoms with Crippen molar-refractivity contribution in [3.05, 3.63) is 35.0 Å². The molecule has 192 valence electrons. The van der Waals surface area contributed by atoms with Gasteiger partial charge in [0.05, 0.1) is 29.6 Å². The first kappa shape index (κ1) is 24.6. The molecule has 36 heavy (non-hydrogen) atoms. The van der Waals surface area contributed by atoms with Gasteiger partial charge in [0.1, 0.15) is 17.5 Å². The van der Waals surface area contributed by atoms with E-state index >= 15 is 0 Å². The molecule has 0 bridgehead atoms. The Labute approximate surface area is 209 Å². The number of aromatic nitrogens is 4. The zero-order valence-corrected chi connectivity index (χ0v) is 19.9. The number of halogens is 4. The SMILES string of the molecule is NC(=O)C1CCC(n2c(Nc3c(F)cc(F)cc3Cl)nc3cnc(N[C@@H]4CCOC[C@H]4F)nc32)CC1. The molecule has 9 nitrogen and oxygen atoms in total. The molecule has 2 atom stereocenters. The standard InChI is InChI=1S/C23H25ClF3N7O2/c24-14-7-12(25)8-15(26)19(14)32-23-31-18-9-29-22(30-17-5-6-36-10-16(17)27)33-21(18)34(23)13-3-1-11(2-4-13)20(28)35/h7-9,11,13,16-17H,1-6,10H2,(H2,28,35)(H,31,32)(H,29,30,33)/t11?,13?,16-,17-/m1/s1. The molecular formula is C23H25ClF3N7O2. The second-order valence-corrected chi connectivity index (χ2v) is 9.52. The first-order chi connectivity index (χ1) is 17.3. The fourth-order valence-corrected chi connectivity index (χ4v) is 5.06. The smallest absolute Gasteiger partial charge is 0.225 e. The lowest BCUT2D eigenvalue weighted by Crippen LogP contribution is -2.39. The lowest BCUT2D eigenvalue weighted by atomic mass is 9.85. The summed E-state index contributed by atoms with van der Waals surface area (Å²) in [6.45, 7) is 0.429. The fourth-order valence-electron chi connectivity index (χ4n) is 4.82. The van der Waals surface area contributed by atoms with E-state index in [1.54, 1.807) is 4.57 Å². The summed E-state index contributed by atoms with van der Waals surface area (Å²) in [5.41, 5.74) is 6.23. The van der Waals surface area contributed by atoms with Crippen molar-refractivity contribution in [2.24, 2.45) is 11.7 Å². The van der Waals surface area contributed by atoms with Gasteiger partial charge in [0.15, 0.2) is 11.5 Å². The van der Waals surface area contributed by atoms with E-state index in [9.17, 15) is 18.0 Å². The monoisotopic (exact) mass is 523 g/mol. The highest BCUT2D eigenvalue weighted by Crippen LogP contribution is 2.38. The summed E-state index contributed by atoms with van der Waals surface area (Å²) in [6.07, 6.45) is 3.12. The number of nitrogens with zero attached hydrogens (tertiary/aromatic N) is 4. The van der Waals surface area contributed by atoms with Crippen molar-refractivity contribution in [3.8, 4) is 0 Å². The van der Waals surface area contributed by atoms with E-state index in [-0.39, 0.29) is 47.1 Å². The molecule has 1 aromatic carbocycles. The van der Waals surface area contributed by atoms with Crippen molar-refractivity contribution in [1.29, 1.82) is 0 Å². The molecule has 1 saturated heterocycles. The van der Waals surface area contributed by atoms with E-state index < -0.39 is 23.8 Å². The lowest BCUT2D eigenvalue weighted by Gasteiger charge is -2.29. The minimum absolute atomic E-state index is 0.000983. The van der Waals surface area contributed by atoms with Crippen LogP contribution in [0.1, 0.15) is 38.1 Å². The summed E-state index contributed by atoms with van der Waals surface area (Å²) in [5.74, 6) is -1.78. The Bertz CT molecular complexity index is 1260. The summed E-state index contributed by atoms with van der Waals surface area (Å²) < 4.78 is 49.4. The molecular weight excluding hydrogens is 499 g/mol. The van der Waals surface area contributed by atoms with Gasteiger partial charge >= 0.3 is 0 Å². The molecule has 2 aromatic heterocycles. The van der Waals surface area contributed by atoms with E-state index in [1.807, 2.05) is 0 Å². The summed E-state index contributed by atoms with van der Waals surface area (Å²) in [7, 11) is 0. The number of nitrogens with two attached hydrogens (primary N) is 1. The molecule has 3 heterocycles. The van der Waals surface area contributed by atoms with E-state index in [2.05, 4.69) is 25.6 Å². The molecule has 2 aliphatic rings. The molecule has 2 fully saturated rings. The van der Waals surface area contributed by atoms with Gasteiger partial charge in [-0.25, -0.2) is 23.1 Å². The lowest BCUT2D eigenvalue weighted by molar-refractivity contribution is -0.122. The number of rotatable bonds is 6. The average molecular weight is 524 g/mol. The van der Waals surface area contributed by atoms with Gasteiger partial charge in [-0.15, -0.1) is 0 Å². The van der Waals surface area contributed by atoms with Crippen molar-refractivity contribution in [1.82, 2.24) is 19.5 Å². The maximum absolute atomic E-state index is 14.6. The van der Waals surface area contributed by atoms with Gasteiger partial charge in [0.25, 0.3) is 0 Å². The number of alkyl halides is 1. The molecule has 0 spiro atoms. The maximum atomic E-state index is 14.6. The van der Waals surface area contributed by atoms with Crippen LogP contribution in [0.4, 0.5) is 30.8 Å². The van der Waals surface area contributed by atoms with Gasteiger partial charge in [-0.05, 0) is 38.2 Å². The first-order valence-corrected chi connectivity index (χ1v) is 12.1. The number of nitrogens with one attached hydrogen (secondary N) is 2. The highest BCUT2D eigenvalue weighted by Gasteiger charge is 2.30. The van der Waals surface area contributed by atoms with Crippen LogP contribution in [0.2, 0.25) is 5.02 Å². The van der Waals surface area contributed by atoms with Crippen molar-refractivity contribution in [2.45, 2.75) is 50.4 Å². The fraction of sp³-hybridized carbons (Fsp3) is 0.478. The van der Waals surface area contributed by atoms with Crippen LogP contribution in [0.25, 0.3) is 11.2 Å². The number of anilines is 3. The number of benzene rings is 1. The second-order valence-electron chi connectivity index (χ2n) is 9.12. The van der Waals surface area contributed by atoms with Gasteiger partial charge in [-0.1, -0.05) is 11.6 Å². The minimum Gasteiger partial charge on any atom is -0.378 e. The maximum Gasteiger partial charge on any atom is 0.225 e. The van der Waals surface area contributed by atoms with E-state index in [1.165, 1.54) is 6.20 Å². The summed E-state index contributed by atoms with van der Waals surface area (Å²) in [6, 6.07) is 1.09. The molecule has 3 aromatic rings.